The summed E-state index contributed by atoms with van der Waals surface area (Å²) in [5, 5.41) is 3.36. The summed E-state index contributed by atoms with van der Waals surface area (Å²) in [4.78, 5) is 0. The summed E-state index contributed by atoms with van der Waals surface area (Å²) in [6.45, 7) is 2.60. The quantitative estimate of drug-likeness (QED) is 0.730. The van der Waals surface area contributed by atoms with Gasteiger partial charge in [0, 0.05) is 25.6 Å². The number of fused-ring (bicyclic) bond motifs is 1. The van der Waals surface area contributed by atoms with Gasteiger partial charge in [0.15, 0.2) is 0 Å². The van der Waals surface area contributed by atoms with Crippen molar-refractivity contribution >= 4 is 0 Å². The van der Waals surface area contributed by atoms with Gasteiger partial charge in [0.1, 0.15) is 5.75 Å². The second-order valence-corrected chi connectivity index (χ2v) is 3.63. The maximum atomic E-state index is 5.73. The first-order chi connectivity index (χ1) is 6.85. The fourth-order valence-corrected chi connectivity index (χ4v) is 1.94. The number of nitrogens with one attached hydrogen (secondary N) is 1. The highest BCUT2D eigenvalue weighted by molar-refractivity contribution is 5.39. The molecule has 2 rings (SSSR count). The zero-order valence-corrected chi connectivity index (χ0v) is 8.42. The predicted octanol–water partition coefficient (Wildman–Crippen LogP) is 0.841. The molecule has 1 aromatic carbocycles. The summed E-state index contributed by atoms with van der Waals surface area (Å²) in [6.07, 6.45) is 0. The van der Waals surface area contributed by atoms with Crippen LogP contribution in [-0.4, -0.2) is 20.2 Å². The molecule has 0 spiro atoms. The minimum absolute atomic E-state index is 0.425. The summed E-state index contributed by atoms with van der Waals surface area (Å²) in [5.74, 6) is 1.35. The van der Waals surface area contributed by atoms with E-state index in [1.165, 1.54) is 11.1 Å². The molecule has 1 atom stereocenters. The zero-order chi connectivity index (χ0) is 9.97. The molecule has 0 amide bonds. The average Bonchev–Trinajstić information content (AvgIpc) is 2.27. The van der Waals surface area contributed by atoms with Gasteiger partial charge < -0.3 is 15.8 Å². The summed E-state index contributed by atoms with van der Waals surface area (Å²) >= 11 is 0. The van der Waals surface area contributed by atoms with E-state index in [-0.39, 0.29) is 0 Å². The van der Waals surface area contributed by atoms with Gasteiger partial charge in [-0.15, -0.1) is 0 Å². The summed E-state index contributed by atoms with van der Waals surface area (Å²) in [6, 6.07) is 6.22. The van der Waals surface area contributed by atoms with Crippen LogP contribution in [0.4, 0.5) is 0 Å². The Hall–Kier alpha value is -1.06. The smallest absolute Gasteiger partial charge is 0.119 e. The Labute approximate surface area is 84.3 Å². The molecule has 0 aliphatic carbocycles. The minimum atomic E-state index is 0.425. The molecule has 1 aliphatic heterocycles. The third-order valence-corrected chi connectivity index (χ3v) is 2.78. The van der Waals surface area contributed by atoms with Gasteiger partial charge >= 0.3 is 0 Å². The van der Waals surface area contributed by atoms with E-state index in [1.54, 1.807) is 7.11 Å². The van der Waals surface area contributed by atoms with Gasteiger partial charge in [-0.25, -0.2) is 0 Å². The molecular weight excluding hydrogens is 176 g/mol. The van der Waals surface area contributed by atoms with Crippen molar-refractivity contribution in [2.45, 2.75) is 12.5 Å². The number of hydrogen-bond donors (Lipinski definition) is 2. The van der Waals surface area contributed by atoms with Crippen molar-refractivity contribution in [1.29, 1.82) is 0 Å². The lowest BCUT2D eigenvalue weighted by Gasteiger charge is -2.25. The normalized spacial score (nSPS) is 20.3. The molecule has 0 bridgehead atoms. The number of ether oxygens (including phenoxy) is 1. The van der Waals surface area contributed by atoms with Gasteiger partial charge in [0.25, 0.3) is 0 Å². The van der Waals surface area contributed by atoms with Crippen LogP contribution in [0.25, 0.3) is 0 Å². The topological polar surface area (TPSA) is 47.3 Å². The van der Waals surface area contributed by atoms with E-state index in [2.05, 4.69) is 17.4 Å². The fourth-order valence-electron chi connectivity index (χ4n) is 1.94. The Bertz CT molecular complexity index is 325. The van der Waals surface area contributed by atoms with E-state index in [0.29, 0.717) is 12.5 Å². The Morgan fingerprint density at radius 1 is 1.57 bits per heavy atom. The van der Waals surface area contributed by atoms with E-state index in [9.17, 15) is 0 Å². The van der Waals surface area contributed by atoms with Crippen LogP contribution >= 0.6 is 0 Å². The van der Waals surface area contributed by atoms with E-state index in [1.807, 2.05) is 6.07 Å². The van der Waals surface area contributed by atoms with Gasteiger partial charge in [0.2, 0.25) is 0 Å². The molecule has 1 aromatic rings. The molecule has 3 N–H and O–H groups in total. The monoisotopic (exact) mass is 192 g/mol. The minimum Gasteiger partial charge on any atom is -0.497 e. The lowest BCUT2D eigenvalue weighted by molar-refractivity contribution is 0.412. The number of methoxy groups -OCH3 is 1. The van der Waals surface area contributed by atoms with E-state index >= 15 is 0 Å². The van der Waals surface area contributed by atoms with Crippen LogP contribution in [0.1, 0.15) is 17.0 Å². The first-order valence-corrected chi connectivity index (χ1v) is 4.92. The maximum Gasteiger partial charge on any atom is 0.119 e. The second-order valence-electron chi connectivity index (χ2n) is 3.63. The van der Waals surface area contributed by atoms with Crippen LogP contribution in [0.3, 0.4) is 0 Å². The summed E-state index contributed by atoms with van der Waals surface area (Å²) in [5.41, 5.74) is 8.41. The molecule has 1 heterocycles. The highest BCUT2D eigenvalue weighted by Crippen LogP contribution is 2.26. The number of nitrogens with two attached hydrogens (primary N) is 1. The highest BCUT2D eigenvalue weighted by atomic mass is 16.5. The SMILES string of the molecule is COc1ccc2c(c1)C(CN)CNC2. The molecule has 0 fully saturated rings. The predicted molar refractivity (Wildman–Crippen MR) is 56.5 cm³/mol. The molecule has 3 nitrogen and oxygen atoms in total. The number of hydrogen-bond acceptors (Lipinski definition) is 3. The van der Waals surface area contributed by atoms with Crippen molar-refractivity contribution in [2.75, 3.05) is 20.2 Å². The van der Waals surface area contributed by atoms with Crippen LogP contribution in [0.2, 0.25) is 0 Å². The molecule has 0 saturated heterocycles. The van der Waals surface area contributed by atoms with Crippen LogP contribution in [0.15, 0.2) is 18.2 Å². The Morgan fingerprint density at radius 3 is 3.14 bits per heavy atom. The third kappa shape index (κ3) is 1.61. The van der Waals surface area contributed by atoms with Crippen LogP contribution in [0.5, 0.6) is 5.75 Å². The molecule has 3 heteroatoms. The van der Waals surface area contributed by atoms with Gasteiger partial charge in [0.05, 0.1) is 7.11 Å². The van der Waals surface area contributed by atoms with Crippen molar-refractivity contribution in [3.63, 3.8) is 0 Å². The van der Waals surface area contributed by atoms with Crippen molar-refractivity contribution in [2.24, 2.45) is 5.73 Å². The molecule has 0 saturated carbocycles. The lowest BCUT2D eigenvalue weighted by atomic mass is 9.91. The largest absolute Gasteiger partial charge is 0.497 e. The maximum absolute atomic E-state index is 5.73. The van der Waals surface area contributed by atoms with Crippen molar-refractivity contribution in [1.82, 2.24) is 5.32 Å². The second kappa shape index (κ2) is 3.98. The first kappa shape index (κ1) is 9.49. The molecule has 0 aromatic heterocycles. The Morgan fingerprint density at radius 2 is 2.43 bits per heavy atom. The van der Waals surface area contributed by atoms with Crippen molar-refractivity contribution in [3.8, 4) is 5.75 Å². The van der Waals surface area contributed by atoms with E-state index in [4.69, 9.17) is 10.5 Å². The number of benzene rings is 1. The highest BCUT2D eigenvalue weighted by Gasteiger charge is 2.18. The Balaban J connectivity index is 2.38. The third-order valence-electron chi connectivity index (χ3n) is 2.78. The Kier molecular flexibility index (Phi) is 2.70. The van der Waals surface area contributed by atoms with Gasteiger partial charge in [-0.1, -0.05) is 6.07 Å². The summed E-state index contributed by atoms with van der Waals surface area (Å²) < 4.78 is 5.21. The molecule has 1 unspecified atom stereocenters. The van der Waals surface area contributed by atoms with E-state index < -0.39 is 0 Å². The van der Waals surface area contributed by atoms with Gasteiger partial charge in [-0.05, 0) is 23.3 Å². The van der Waals surface area contributed by atoms with E-state index in [0.717, 1.165) is 18.8 Å². The standard InChI is InChI=1S/C11H16N2O/c1-14-10-3-2-8-6-13-7-9(5-12)11(8)4-10/h2-4,9,13H,5-7,12H2,1H3. The van der Waals surface area contributed by atoms with Crippen molar-refractivity contribution < 1.29 is 4.74 Å². The first-order valence-electron chi connectivity index (χ1n) is 4.92. The van der Waals surface area contributed by atoms with Gasteiger partial charge in [-0.3, -0.25) is 0 Å². The molecule has 14 heavy (non-hydrogen) atoms. The average molecular weight is 192 g/mol. The molecule has 0 radical (unpaired) electrons. The fraction of sp³-hybridized carbons (Fsp3) is 0.455. The van der Waals surface area contributed by atoms with Crippen molar-refractivity contribution in [3.05, 3.63) is 29.3 Å². The van der Waals surface area contributed by atoms with Crippen LogP contribution in [-0.2, 0) is 6.54 Å². The zero-order valence-electron chi connectivity index (χ0n) is 8.42. The lowest BCUT2D eigenvalue weighted by Crippen LogP contribution is -2.32. The number of rotatable bonds is 2. The summed E-state index contributed by atoms with van der Waals surface area (Å²) in [7, 11) is 1.69. The molecule has 76 valence electrons. The molecule has 1 aliphatic rings. The van der Waals surface area contributed by atoms with Crippen LogP contribution in [0, 0.1) is 0 Å². The van der Waals surface area contributed by atoms with Gasteiger partial charge in [-0.2, -0.15) is 0 Å². The molecular formula is C11H16N2O. The van der Waals surface area contributed by atoms with Crippen LogP contribution < -0.4 is 15.8 Å².